The average molecular weight is 268 g/mol. The van der Waals surface area contributed by atoms with E-state index in [9.17, 15) is 13.2 Å². The minimum Gasteiger partial charge on any atom is -0.481 e. The number of nitrogens with one attached hydrogen (secondary N) is 2. The van der Waals surface area contributed by atoms with Gasteiger partial charge < -0.3 is 15.2 Å². The third-order valence-corrected chi connectivity index (χ3v) is 3.38. The predicted octanol–water partition coefficient (Wildman–Crippen LogP) is -0.993. The number of ether oxygens (including phenoxy) is 1. The highest BCUT2D eigenvalue weighted by Gasteiger charge is 2.09. The predicted molar refractivity (Wildman–Crippen MR) is 63.4 cm³/mol. The molecule has 0 aliphatic carbocycles. The molecule has 0 radical (unpaired) electrons. The summed E-state index contributed by atoms with van der Waals surface area (Å²) in [4.78, 5) is 10.2. The highest BCUT2D eigenvalue weighted by molar-refractivity contribution is 7.89. The zero-order chi connectivity index (χ0) is 13.1. The Labute approximate surface area is 102 Å². The largest absolute Gasteiger partial charge is 0.481 e. The molecule has 0 heterocycles. The van der Waals surface area contributed by atoms with Crippen LogP contribution in [-0.2, 0) is 19.6 Å². The van der Waals surface area contributed by atoms with Crippen molar-refractivity contribution in [3.8, 4) is 0 Å². The summed E-state index contributed by atoms with van der Waals surface area (Å²) in [5.41, 5.74) is 0. The number of hydrogen-bond donors (Lipinski definition) is 3. The van der Waals surface area contributed by atoms with E-state index in [1.807, 2.05) is 0 Å². The Hall–Kier alpha value is -0.700. The number of hydrogen-bond acceptors (Lipinski definition) is 5. The summed E-state index contributed by atoms with van der Waals surface area (Å²) in [5, 5.41) is 11.4. The average Bonchev–Trinajstić information content (AvgIpc) is 2.22. The van der Waals surface area contributed by atoms with Crippen LogP contribution in [0.25, 0.3) is 0 Å². The van der Waals surface area contributed by atoms with E-state index < -0.39 is 16.0 Å². The fraction of sp³-hybridized carbons (Fsp3) is 0.889. The molecule has 0 aromatic carbocycles. The fourth-order valence-corrected chi connectivity index (χ4v) is 2.16. The Morgan fingerprint density at radius 2 is 2.00 bits per heavy atom. The molecule has 0 atom stereocenters. The molecular weight excluding hydrogens is 248 g/mol. The van der Waals surface area contributed by atoms with Crippen molar-refractivity contribution >= 4 is 16.0 Å². The van der Waals surface area contributed by atoms with Crippen molar-refractivity contribution < 1.29 is 23.1 Å². The van der Waals surface area contributed by atoms with Crippen molar-refractivity contribution in [2.45, 2.75) is 12.8 Å². The normalized spacial score (nSPS) is 11.6. The lowest BCUT2D eigenvalue weighted by atomic mass is 10.3. The Balaban J connectivity index is 3.54. The molecule has 0 unspecified atom stereocenters. The van der Waals surface area contributed by atoms with Gasteiger partial charge in [-0.05, 0) is 6.42 Å². The van der Waals surface area contributed by atoms with Crippen LogP contribution >= 0.6 is 0 Å². The molecule has 3 N–H and O–H groups in total. The molecule has 8 heteroatoms. The molecule has 0 aliphatic heterocycles. The first-order chi connectivity index (χ1) is 7.98. The highest BCUT2D eigenvalue weighted by atomic mass is 32.2. The molecule has 0 saturated heterocycles. The summed E-state index contributed by atoms with van der Waals surface area (Å²) in [5.74, 6) is -1.14. The number of methoxy groups -OCH3 is 1. The molecule has 0 rings (SSSR count). The Bertz CT molecular complexity index is 305. The van der Waals surface area contributed by atoms with Crippen molar-refractivity contribution in [2.75, 3.05) is 39.1 Å². The highest BCUT2D eigenvalue weighted by Crippen LogP contribution is 1.94. The van der Waals surface area contributed by atoms with Gasteiger partial charge in [0.15, 0.2) is 0 Å². The van der Waals surface area contributed by atoms with Crippen molar-refractivity contribution in [1.82, 2.24) is 10.0 Å². The summed E-state index contributed by atoms with van der Waals surface area (Å²) in [6, 6.07) is 0. The second-order valence-corrected chi connectivity index (χ2v) is 5.38. The zero-order valence-corrected chi connectivity index (χ0v) is 10.8. The van der Waals surface area contributed by atoms with Gasteiger partial charge in [0, 0.05) is 33.2 Å². The van der Waals surface area contributed by atoms with Gasteiger partial charge in [-0.25, -0.2) is 13.1 Å². The summed E-state index contributed by atoms with van der Waals surface area (Å²) in [7, 11) is -1.76. The summed E-state index contributed by atoms with van der Waals surface area (Å²) < 4.78 is 29.9. The Kier molecular flexibility index (Phi) is 8.96. The van der Waals surface area contributed by atoms with Crippen LogP contribution in [0.3, 0.4) is 0 Å². The van der Waals surface area contributed by atoms with Crippen LogP contribution in [0.15, 0.2) is 0 Å². The van der Waals surface area contributed by atoms with Crippen LogP contribution in [-0.4, -0.2) is 58.6 Å². The number of carboxylic acid groups (broad SMARTS) is 1. The topological polar surface area (TPSA) is 105 Å². The minimum atomic E-state index is -3.35. The van der Waals surface area contributed by atoms with Crippen LogP contribution in [0.2, 0.25) is 0 Å². The van der Waals surface area contributed by atoms with E-state index in [1.165, 1.54) is 0 Å². The van der Waals surface area contributed by atoms with Crippen molar-refractivity contribution in [3.63, 3.8) is 0 Å². The molecule has 0 saturated carbocycles. The van der Waals surface area contributed by atoms with Gasteiger partial charge in [-0.1, -0.05) is 0 Å². The molecule has 7 nitrogen and oxygen atoms in total. The van der Waals surface area contributed by atoms with Gasteiger partial charge in [0.2, 0.25) is 10.0 Å². The van der Waals surface area contributed by atoms with Crippen LogP contribution in [0.1, 0.15) is 12.8 Å². The summed E-state index contributed by atoms with van der Waals surface area (Å²) in [6.45, 7) is 2.04. The minimum absolute atomic E-state index is 0.127. The van der Waals surface area contributed by atoms with Gasteiger partial charge in [-0.2, -0.15) is 0 Å². The Morgan fingerprint density at radius 1 is 1.29 bits per heavy atom. The van der Waals surface area contributed by atoms with Crippen LogP contribution in [0.5, 0.6) is 0 Å². The second-order valence-electron chi connectivity index (χ2n) is 3.45. The van der Waals surface area contributed by atoms with E-state index in [2.05, 4.69) is 10.0 Å². The lowest BCUT2D eigenvalue weighted by Gasteiger charge is -2.07. The van der Waals surface area contributed by atoms with Crippen LogP contribution < -0.4 is 10.0 Å². The maximum atomic E-state index is 11.3. The van der Waals surface area contributed by atoms with Gasteiger partial charge in [-0.15, -0.1) is 0 Å². The monoisotopic (exact) mass is 268 g/mol. The van der Waals surface area contributed by atoms with E-state index in [-0.39, 0.29) is 18.6 Å². The summed E-state index contributed by atoms with van der Waals surface area (Å²) >= 11 is 0. The molecule has 0 bridgehead atoms. The molecule has 0 amide bonds. The quantitative estimate of drug-likeness (QED) is 0.415. The van der Waals surface area contributed by atoms with Gasteiger partial charge >= 0.3 is 5.97 Å². The number of carbonyl (C=O) groups is 1. The first-order valence-electron chi connectivity index (χ1n) is 5.37. The molecule has 102 valence electrons. The molecule has 0 aromatic heterocycles. The summed E-state index contributed by atoms with van der Waals surface area (Å²) in [6.07, 6.45) is -0.00519. The number of sulfonamides is 1. The van der Waals surface area contributed by atoms with E-state index in [0.717, 1.165) is 0 Å². The molecular formula is C9H20N2O5S. The third-order valence-electron chi connectivity index (χ3n) is 1.91. The molecule has 0 aliphatic rings. The van der Waals surface area contributed by atoms with Gasteiger partial charge in [-0.3, -0.25) is 4.79 Å². The maximum Gasteiger partial charge on any atom is 0.303 e. The first-order valence-corrected chi connectivity index (χ1v) is 7.02. The number of rotatable bonds is 11. The number of aliphatic carboxylic acids is 1. The second kappa shape index (κ2) is 9.34. The van der Waals surface area contributed by atoms with Crippen molar-refractivity contribution in [3.05, 3.63) is 0 Å². The fourth-order valence-electron chi connectivity index (χ4n) is 1.08. The molecule has 17 heavy (non-hydrogen) atoms. The SMILES string of the molecule is COCCNCCNS(=O)(=O)CCCC(=O)O. The lowest BCUT2D eigenvalue weighted by molar-refractivity contribution is -0.137. The first kappa shape index (κ1) is 16.3. The maximum absolute atomic E-state index is 11.3. The third kappa shape index (κ3) is 11.6. The van der Waals surface area contributed by atoms with E-state index in [4.69, 9.17) is 9.84 Å². The zero-order valence-electron chi connectivity index (χ0n) is 9.94. The van der Waals surface area contributed by atoms with Gasteiger partial charge in [0.05, 0.1) is 12.4 Å². The molecule has 0 aromatic rings. The van der Waals surface area contributed by atoms with E-state index in [1.54, 1.807) is 7.11 Å². The van der Waals surface area contributed by atoms with Crippen molar-refractivity contribution in [2.24, 2.45) is 0 Å². The number of carboxylic acids is 1. The standard InChI is InChI=1S/C9H20N2O5S/c1-16-7-6-10-4-5-11-17(14,15)8-2-3-9(12)13/h10-11H,2-8H2,1H3,(H,12,13). The molecule has 0 fully saturated rings. The smallest absolute Gasteiger partial charge is 0.303 e. The lowest BCUT2D eigenvalue weighted by Crippen LogP contribution is -2.34. The van der Waals surface area contributed by atoms with E-state index in [0.29, 0.717) is 26.2 Å². The van der Waals surface area contributed by atoms with E-state index >= 15 is 0 Å². The molecule has 0 spiro atoms. The van der Waals surface area contributed by atoms with Crippen molar-refractivity contribution in [1.29, 1.82) is 0 Å². The van der Waals surface area contributed by atoms with Crippen LogP contribution in [0, 0.1) is 0 Å². The van der Waals surface area contributed by atoms with Gasteiger partial charge in [0.1, 0.15) is 0 Å². The van der Waals surface area contributed by atoms with Crippen LogP contribution in [0.4, 0.5) is 0 Å². The van der Waals surface area contributed by atoms with Gasteiger partial charge in [0.25, 0.3) is 0 Å². The Morgan fingerprint density at radius 3 is 2.59 bits per heavy atom.